The van der Waals surface area contributed by atoms with Crippen molar-refractivity contribution in [1.82, 2.24) is 9.21 Å². The minimum Gasteiger partial charge on any atom is -0.338 e. The molecule has 1 fully saturated rings. The van der Waals surface area contributed by atoms with Crippen molar-refractivity contribution < 1.29 is 13.2 Å². The summed E-state index contributed by atoms with van der Waals surface area (Å²) in [6.45, 7) is 2.20. The summed E-state index contributed by atoms with van der Waals surface area (Å²) < 4.78 is 27.3. The first-order valence-corrected chi connectivity index (χ1v) is 12.5. The summed E-state index contributed by atoms with van der Waals surface area (Å²) in [4.78, 5) is 15.1. The molecule has 0 radical (unpaired) electrons. The van der Waals surface area contributed by atoms with Crippen LogP contribution in [0, 0.1) is 5.92 Å². The largest absolute Gasteiger partial charge is 0.338 e. The highest BCUT2D eigenvalue weighted by Gasteiger charge is 2.34. The topological polar surface area (TPSA) is 57.7 Å². The van der Waals surface area contributed by atoms with Crippen LogP contribution in [0.2, 0.25) is 0 Å². The lowest BCUT2D eigenvalue weighted by molar-refractivity contribution is -0.137. The van der Waals surface area contributed by atoms with Gasteiger partial charge in [-0.2, -0.15) is 0 Å². The van der Waals surface area contributed by atoms with Crippen LogP contribution in [0.1, 0.15) is 36.0 Å². The van der Waals surface area contributed by atoms with Crippen molar-refractivity contribution in [2.45, 2.75) is 38.6 Å². The van der Waals surface area contributed by atoms with Crippen molar-refractivity contribution in [3.8, 4) is 0 Å². The Hall–Kier alpha value is -2.18. The highest BCUT2D eigenvalue weighted by Crippen LogP contribution is 2.25. The van der Waals surface area contributed by atoms with E-state index in [9.17, 15) is 13.2 Å². The Kier molecular flexibility index (Phi) is 6.54. The number of sulfonamides is 1. The number of aryl methyl sites for hydroxylation is 1. The predicted octanol–water partition coefficient (Wildman–Crippen LogP) is 3.25. The molecule has 1 saturated heterocycles. The quantitative estimate of drug-likeness (QED) is 0.713. The summed E-state index contributed by atoms with van der Waals surface area (Å²) in [6.07, 6.45) is 3.75. The highest BCUT2D eigenvalue weighted by molar-refractivity contribution is 7.89. The molecule has 0 unspecified atom stereocenters. The molecule has 160 valence electrons. The number of carbonyl (C=O) groups is 1. The van der Waals surface area contributed by atoms with Crippen molar-refractivity contribution in [3.63, 3.8) is 0 Å². The lowest BCUT2D eigenvalue weighted by Gasteiger charge is -2.36. The van der Waals surface area contributed by atoms with Crippen molar-refractivity contribution in [2.24, 2.45) is 5.92 Å². The average molecular weight is 427 g/mol. The standard InChI is InChI=1S/C24H30N2O3S/c27-24(25-16-14-21-11-4-5-12-22(21)18-25)23-13-6-15-26(19-23)30(28,29)17-7-10-20-8-2-1-3-9-20/h1-5,8-9,11-12,23H,6-7,10,13-19H2/t23-/m0/s1. The van der Waals surface area contributed by atoms with Crippen LogP contribution in [0.4, 0.5) is 0 Å². The van der Waals surface area contributed by atoms with E-state index in [1.165, 1.54) is 11.1 Å². The smallest absolute Gasteiger partial charge is 0.227 e. The second-order valence-electron chi connectivity index (χ2n) is 8.38. The number of hydrogen-bond acceptors (Lipinski definition) is 3. The second-order valence-corrected chi connectivity index (χ2v) is 10.5. The van der Waals surface area contributed by atoms with Gasteiger partial charge in [-0.05, 0) is 48.8 Å². The third-order valence-electron chi connectivity index (χ3n) is 6.28. The Morgan fingerprint density at radius 2 is 1.70 bits per heavy atom. The molecule has 2 aliphatic rings. The van der Waals surface area contributed by atoms with Crippen LogP contribution in [-0.4, -0.2) is 48.9 Å². The Morgan fingerprint density at radius 1 is 0.967 bits per heavy atom. The van der Waals surface area contributed by atoms with E-state index in [0.717, 1.165) is 37.8 Å². The van der Waals surface area contributed by atoms with Gasteiger partial charge >= 0.3 is 0 Å². The van der Waals surface area contributed by atoms with E-state index < -0.39 is 10.0 Å². The van der Waals surface area contributed by atoms with Crippen LogP contribution in [0.5, 0.6) is 0 Å². The molecule has 0 aliphatic carbocycles. The van der Waals surface area contributed by atoms with E-state index in [1.54, 1.807) is 4.31 Å². The first-order chi connectivity index (χ1) is 14.5. The second kappa shape index (κ2) is 9.31. The zero-order valence-electron chi connectivity index (χ0n) is 17.4. The van der Waals surface area contributed by atoms with Gasteiger partial charge in [-0.25, -0.2) is 12.7 Å². The molecule has 2 aliphatic heterocycles. The molecule has 0 bridgehead atoms. The minimum atomic E-state index is -3.34. The molecule has 1 amide bonds. The van der Waals surface area contributed by atoms with Gasteiger partial charge < -0.3 is 4.90 Å². The van der Waals surface area contributed by atoms with Crippen LogP contribution in [0.3, 0.4) is 0 Å². The molecule has 0 aromatic heterocycles. The van der Waals surface area contributed by atoms with Gasteiger partial charge in [0, 0.05) is 26.2 Å². The van der Waals surface area contributed by atoms with Gasteiger partial charge in [-0.1, -0.05) is 54.6 Å². The molecule has 2 heterocycles. The number of carbonyl (C=O) groups excluding carboxylic acids is 1. The summed E-state index contributed by atoms with van der Waals surface area (Å²) in [5.41, 5.74) is 3.68. The van der Waals surface area contributed by atoms with Gasteiger partial charge in [0.25, 0.3) is 0 Å². The van der Waals surface area contributed by atoms with E-state index in [2.05, 4.69) is 12.1 Å². The number of piperidine rings is 1. The molecule has 2 aromatic carbocycles. The van der Waals surface area contributed by atoms with Crippen molar-refractivity contribution in [3.05, 3.63) is 71.3 Å². The van der Waals surface area contributed by atoms with Crippen molar-refractivity contribution >= 4 is 15.9 Å². The summed E-state index contributed by atoms with van der Waals surface area (Å²) >= 11 is 0. The van der Waals surface area contributed by atoms with Crippen molar-refractivity contribution in [1.29, 1.82) is 0 Å². The fraction of sp³-hybridized carbons (Fsp3) is 0.458. The zero-order valence-corrected chi connectivity index (χ0v) is 18.2. The lowest BCUT2D eigenvalue weighted by atomic mass is 9.95. The maximum Gasteiger partial charge on any atom is 0.227 e. The molecule has 0 saturated carbocycles. The fourth-order valence-electron chi connectivity index (χ4n) is 4.57. The third-order valence-corrected chi connectivity index (χ3v) is 8.20. The number of nitrogens with zero attached hydrogens (tertiary/aromatic N) is 2. The monoisotopic (exact) mass is 426 g/mol. The summed E-state index contributed by atoms with van der Waals surface area (Å²) in [7, 11) is -3.34. The van der Waals surface area contributed by atoms with Gasteiger partial charge in [0.1, 0.15) is 0 Å². The molecule has 0 spiro atoms. The Morgan fingerprint density at radius 3 is 2.50 bits per heavy atom. The lowest BCUT2D eigenvalue weighted by Crippen LogP contribution is -2.48. The molecule has 2 aromatic rings. The molecule has 4 rings (SSSR count). The number of rotatable bonds is 6. The molecule has 6 heteroatoms. The molecular formula is C24H30N2O3S. The van der Waals surface area contributed by atoms with Crippen LogP contribution in [-0.2, 0) is 34.2 Å². The van der Waals surface area contributed by atoms with E-state index in [1.807, 2.05) is 47.4 Å². The molecule has 1 atom stereocenters. The van der Waals surface area contributed by atoms with Gasteiger partial charge in [-0.3, -0.25) is 4.79 Å². The molecule has 5 nitrogen and oxygen atoms in total. The highest BCUT2D eigenvalue weighted by atomic mass is 32.2. The molecule has 30 heavy (non-hydrogen) atoms. The van der Waals surface area contributed by atoms with Crippen LogP contribution >= 0.6 is 0 Å². The van der Waals surface area contributed by atoms with Crippen LogP contribution < -0.4 is 0 Å². The predicted molar refractivity (Wildman–Crippen MR) is 118 cm³/mol. The van der Waals surface area contributed by atoms with E-state index in [-0.39, 0.29) is 17.6 Å². The van der Waals surface area contributed by atoms with E-state index >= 15 is 0 Å². The van der Waals surface area contributed by atoms with Crippen LogP contribution in [0.25, 0.3) is 0 Å². The normalized spacial score (nSPS) is 20.0. The zero-order chi connectivity index (χ0) is 21.0. The Balaban J connectivity index is 1.34. The first-order valence-electron chi connectivity index (χ1n) is 10.9. The number of hydrogen-bond donors (Lipinski definition) is 0. The Labute approximate surface area is 179 Å². The van der Waals surface area contributed by atoms with E-state index in [0.29, 0.717) is 26.1 Å². The van der Waals surface area contributed by atoms with E-state index in [4.69, 9.17) is 0 Å². The fourth-order valence-corrected chi connectivity index (χ4v) is 6.15. The average Bonchev–Trinajstić information content (AvgIpc) is 2.79. The summed E-state index contributed by atoms with van der Waals surface area (Å²) in [5.74, 6) is 0.0153. The molecular weight excluding hydrogens is 396 g/mol. The van der Waals surface area contributed by atoms with Gasteiger partial charge in [-0.15, -0.1) is 0 Å². The number of amides is 1. The van der Waals surface area contributed by atoms with Gasteiger partial charge in [0.2, 0.25) is 15.9 Å². The number of fused-ring (bicyclic) bond motifs is 1. The Bertz CT molecular complexity index is 975. The SMILES string of the molecule is O=C([C@H]1CCCN(S(=O)(=O)CCCc2ccccc2)C1)N1CCc2ccccc2C1. The summed E-state index contributed by atoms with van der Waals surface area (Å²) in [5, 5.41) is 0. The number of benzene rings is 2. The van der Waals surface area contributed by atoms with Gasteiger partial charge in [0.05, 0.1) is 11.7 Å². The third kappa shape index (κ3) is 4.93. The summed E-state index contributed by atoms with van der Waals surface area (Å²) in [6, 6.07) is 18.2. The maximum absolute atomic E-state index is 13.1. The maximum atomic E-state index is 13.1. The van der Waals surface area contributed by atoms with Crippen LogP contribution in [0.15, 0.2) is 54.6 Å². The molecule has 0 N–H and O–H groups in total. The minimum absolute atomic E-state index is 0.105. The van der Waals surface area contributed by atoms with Crippen molar-refractivity contribution in [2.75, 3.05) is 25.4 Å². The first kappa shape index (κ1) is 21.1. The van der Waals surface area contributed by atoms with Gasteiger partial charge in [0.15, 0.2) is 0 Å².